The van der Waals surface area contributed by atoms with E-state index in [9.17, 15) is 0 Å². The molecule has 33 heavy (non-hydrogen) atoms. The minimum Gasteiger partial charge on any atom is -0.345 e. The number of thiocarbonyl (C=S) groups is 1. The van der Waals surface area contributed by atoms with Crippen molar-refractivity contribution < 1.29 is 0 Å². The molecular weight excluding hydrogens is 445 g/mol. The molecule has 3 rings (SSSR count). The molecule has 0 atom stereocenters. The fourth-order valence-electron chi connectivity index (χ4n) is 4.68. The summed E-state index contributed by atoms with van der Waals surface area (Å²) < 4.78 is 10.6. The second kappa shape index (κ2) is 12.8. The highest BCUT2D eigenvalue weighted by atomic mass is 32.1. The Morgan fingerprint density at radius 1 is 0.788 bits per heavy atom. The van der Waals surface area contributed by atoms with E-state index in [1.165, 1.54) is 10.9 Å². The first-order chi connectivity index (χ1) is 16.1. The van der Waals surface area contributed by atoms with Gasteiger partial charge in [-0.15, -0.1) is 0 Å². The maximum absolute atomic E-state index is 6.04. The summed E-state index contributed by atoms with van der Waals surface area (Å²) in [4.78, 5) is 4.84. The second-order valence-electron chi connectivity index (χ2n) is 8.31. The summed E-state index contributed by atoms with van der Waals surface area (Å²) in [6.45, 7) is 17.7. The molecule has 0 aliphatic carbocycles. The summed E-state index contributed by atoms with van der Waals surface area (Å²) >= 11 is 6.04. The van der Waals surface area contributed by atoms with Crippen molar-refractivity contribution in [2.24, 2.45) is 4.74 Å². The molecule has 0 saturated carbocycles. The van der Waals surface area contributed by atoms with Gasteiger partial charge < -0.3 is 4.90 Å². The van der Waals surface area contributed by atoms with Crippen LogP contribution in [0, 0.1) is 0 Å². The summed E-state index contributed by atoms with van der Waals surface area (Å²) in [5.41, 5.74) is 1.37. The van der Waals surface area contributed by atoms with Crippen LogP contribution >= 0.6 is 19.6 Å². The summed E-state index contributed by atoms with van der Waals surface area (Å²) in [6, 6.07) is 21.6. The molecule has 0 N–H and O–H groups in total. The standard InChI is InChI=1S/C26H40N5PS/c1-5-30(6-2)32(31(7-3)8-4,25-17-13-10-14-18-25)27-26(33)29-21-19-28(20-22-29)23-24-15-11-9-12-16-24/h9-18H,5-8,19-23H2,1-4H3. The van der Waals surface area contributed by atoms with E-state index in [1.54, 1.807) is 0 Å². The Morgan fingerprint density at radius 2 is 1.27 bits per heavy atom. The molecule has 0 spiro atoms. The molecule has 0 amide bonds. The lowest BCUT2D eigenvalue weighted by atomic mass is 10.2. The molecule has 1 saturated heterocycles. The molecule has 1 aliphatic heterocycles. The molecule has 1 fully saturated rings. The van der Waals surface area contributed by atoms with Crippen LogP contribution in [0.3, 0.4) is 0 Å². The van der Waals surface area contributed by atoms with Crippen LogP contribution in [-0.2, 0) is 6.54 Å². The largest absolute Gasteiger partial charge is 0.345 e. The van der Waals surface area contributed by atoms with E-state index in [-0.39, 0.29) is 0 Å². The average Bonchev–Trinajstić information content (AvgIpc) is 2.86. The number of benzene rings is 2. The van der Waals surface area contributed by atoms with Gasteiger partial charge in [0.2, 0.25) is 0 Å². The number of piperazine rings is 1. The van der Waals surface area contributed by atoms with Gasteiger partial charge in [0.05, 0.1) is 0 Å². The maximum Gasteiger partial charge on any atom is 0.196 e. The van der Waals surface area contributed by atoms with Crippen molar-refractivity contribution in [1.82, 2.24) is 19.1 Å². The first-order valence-electron chi connectivity index (χ1n) is 12.3. The number of hydrogen-bond acceptors (Lipinski definition) is 2. The molecule has 5 nitrogen and oxygen atoms in total. The normalized spacial score (nSPS) is 15.3. The molecule has 0 aromatic heterocycles. The zero-order valence-electron chi connectivity index (χ0n) is 20.7. The summed E-state index contributed by atoms with van der Waals surface area (Å²) in [6.07, 6.45) is 0. The van der Waals surface area contributed by atoms with Crippen LogP contribution in [0.5, 0.6) is 0 Å². The van der Waals surface area contributed by atoms with E-state index in [0.717, 1.165) is 64.0 Å². The Hall–Kier alpha value is -1.56. The SMILES string of the molecule is CCN(CC)P(=NC(=S)N1CCN(Cc2ccccc2)CC1)(c1ccccc1)N(CC)CC. The molecule has 1 aliphatic rings. The van der Waals surface area contributed by atoms with Gasteiger partial charge in [0, 0.05) is 64.2 Å². The van der Waals surface area contributed by atoms with Gasteiger partial charge in [-0.2, -0.15) is 0 Å². The average molecular weight is 486 g/mol. The van der Waals surface area contributed by atoms with Crippen LogP contribution < -0.4 is 5.30 Å². The Morgan fingerprint density at radius 3 is 1.76 bits per heavy atom. The molecule has 2 aromatic rings. The van der Waals surface area contributed by atoms with Crippen LogP contribution in [0.1, 0.15) is 33.3 Å². The highest BCUT2D eigenvalue weighted by molar-refractivity contribution is 7.81. The molecular formula is C26H40N5PS. The lowest BCUT2D eigenvalue weighted by Gasteiger charge is -2.44. The lowest BCUT2D eigenvalue weighted by Crippen LogP contribution is -2.48. The van der Waals surface area contributed by atoms with Crippen LogP contribution in [0.15, 0.2) is 65.4 Å². The van der Waals surface area contributed by atoms with Gasteiger partial charge in [0.1, 0.15) is 7.36 Å². The van der Waals surface area contributed by atoms with Crippen LogP contribution in [0.25, 0.3) is 0 Å². The van der Waals surface area contributed by atoms with E-state index in [0.29, 0.717) is 0 Å². The van der Waals surface area contributed by atoms with E-state index >= 15 is 0 Å². The van der Waals surface area contributed by atoms with Crippen molar-refractivity contribution in [3.05, 3.63) is 66.2 Å². The van der Waals surface area contributed by atoms with Gasteiger partial charge >= 0.3 is 0 Å². The van der Waals surface area contributed by atoms with Gasteiger partial charge in [-0.3, -0.25) is 14.2 Å². The Kier molecular flexibility index (Phi) is 10.1. The van der Waals surface area contributed by atoms with Crippen molar-refractivity contribution in [3.8, 4) is 0 Å². The Bertz CT molecular complexity index is 889. The zero-order chi connectivity index (χ0) is 23.7. The molecule has 0 radical (unpaired) electrons. The third kappa shape index (κ3) is 6.12. The fourth-order valence-corrected chi connectivity index (χ4v) is 9.09. The third-order valence-corrected chi connectivity index (χ3v) is 11.1. The number of hydrogen-bond donors (Lipinski definition) is 0. The highest BCUT2D eigenvalue weighted by Gasteiger charge is 2.35. The highest BCUT2D eigenvalue weighted by Crippen LogP contribution is 2.55. The fraction of sp³-hybridized carbons (Fsp3) is 0.500. The quantitative estimate of drug-likeness (QED) is 0.362. The topological polar surface area (TPSA) is 25.3 Å². The number of nitrogens with zero attached hydrogens (tertiary/aromatic N) is 5. The van der Waals surface area contributed by atoms with E-state index in [1.807, 2.05) is 0 Å². The van der Waals surface area contributed by atoms with Crippen LogP contribution in [0.4, 0.5) is 0 Å². The minimum atomic E-state index is -2.17. The van der Waals surface area contributed by atoms with E-state index in [4.69, 9.17) is 17.0 Å². The van der Waals surface area contributed by atoms with Crippen molar-refractivity contribution in [2.75, 3.05) is 52.4 Å². The lowest BCUT2D eigenvalue weighted by molar-refractivity contribution is 0.176. The van der Waals surface area contributed by atoms with Gasteiger partial charge in [0.25, 0.3) is 0 Å². The van der Waals surface area contributed by atoms with Gasteiger partial charge in [0.15, 0.2) is 5.11 Å². The van der Waals surface area contributed by atoms with Crippen molar-refractivity contribution in [1.29, 1.82) is 0 Å². The maximum atomic E-state index is 6.04. The molecule has 180 valence electrons. The monoisotopic (exact) mass is 485 g/mol. The molecule has 1 heterocycles. The van der Waals surface area contributed by atoms with Gasteiger partial charge in [-0.05, 0) is 17.8 Å². The third-order valence-electron chi connectivity index (χ3n) is 6.47. The summed E-state index contributed by atoms with van der Waals surface area (Å²) in [5, 5.41) is 2.06. The molecule has 7 heteroatoms. The van der Waals surface area contributed by atoms with Crippen LogP contribution in [-0.4, -0.2) is 76.6 Å². The van der Waals surface area contributed by atoms with Crippen LogP contribution in [0.2, 0.25) is 0 Å². The van der Waals surface area contributed by atoms with Crippen molar-refractivity contribution in [2.45, 2.75) is 34.2 Å². The van der Waals surface area contributed by atoms with Crippen molar-refractivity contribution in [3.63, 3.8) is 0 Å². The summed E-state index contributed by atoms with van der Waals surface area (Å²) in [5.74, 6) is 0. The smallest absolute Gasteiger partial charge is 0.196 e. The van der Waals surface area contributed by atoms with E-state index in [2.05, 4.69) is 107 Å². The zero-order valence-corrected chi connectivity index (χ0v) is 22.4. The first-order valence-corrected chi connectivity index (χ1v) is 14.4. The summed E-state index contributed by atoms with van der Waals surface area (Å²) in [7, 11) is -2.17. The van der Waals surface area contributed by atoms with Gasteiger partial charge in [-0.1, -0.05) is 88.4 Å². The first kappa shape index (κ1) is 26.1. The second-order valence-corrected chi connectivity index (χ2v) is 11.7. The molecule has 2 aromatic carbocycles. The number of rotatable bonds is 9. The van der Waals surface area contributed by atoms with Gasteiger partial charge in [-0.25, -0.2) is 4.74 Å². The molecule has 0 unspecified atom stereocenters. The predicted octanol–water partition coefficient (Wildman–Crippen LogP) is 5.13. The Labute approximate surface area is 206 Å². The molecule has 0 bridgehead atoms. The predicted molar refractivity (Wildman–Crippen MR) is 147 cm³/mol. The Balaban J connectivity index is 1.88. The van der Waals surface area contributed by atoms with Crippen molar-refractivity contribution >= 4 is 30.0 Å². The van der Waals surface area contributed by atoms with E-state index < -0.39 is 7.36 Å². The minimum absolute atomic E-state index is 0.769.